The van der Waals surface area contributed by atoms with Gasteiger partial charge in [-0.2, -0.15) is 0 Å². The average Bonchev–Trinajstić information content (AvgIpc) is 2.79. The van der Waals surface area contributed by atoms with Gasteiger partial charge in [0.25, 0.3) is 0 Å². The maximum Gasteiger partial charge on any atom is 0.138 e. The molecule has 0 aliphatic carbocycles. The fourth-order valence-electron chi connectivity index (χ4n) is 3.77. The number of nitrogens with zero attached hydrogens (tertiary/aromatic N) is 4. The Balaban J connectivity index is 1.70. The number of pyridine rings is 2. The molecule has 3 heterocycles. The van der Waals surface area contributed by atoms with E-state index in [0.717, 1.165) is 47.0 Å². The molecule has 6 heteroatoms. The Labute approximate surface area is 189 Å². The first-order valence-corrected chi connectivity index (χ1v) is 10.8. The largest absolute Gasteiger partial charge is 0.384 e. The van der Waals surface area contributed by atoms with Crippen LogP contribution in [0.5, 0.6) is 0 Å². The number of hydrogen-bond donors (Lipinski definition) is 2. The molecule has 1 aromatic carbocycles. The van der Waals surface area contributed by atoms with Crippen LogP contribution in [0.4, 0.5) is 11.5 Å². The Morgan fingerprint density at radius 3 is 2.56 bits per heavy atom. The molecule has 3 aromatic rings. The number of allylic oxidation sites excluding steroid dienone is 1. The summed E-state index contributed by atoms with van der Waals surface area (Å²) in [7, 11) is 1.99. The number of hydrogen-bond acceptors (Lipinski definition) is 6. The van der Waals surface area contributed by atoms with Gasteiger partial charge in [-0.3, -0.25) is 4.98 Å². The summed E-state index contributed by atoms with van der Waals surface area (Å²) in [6, 6.07) is 16.2. The van der Waals surface area contributed by atoms with Crippen molar-refractivity contribution in [2.75, 3.05) is 18.9 Å². The fourth-order valence-corrected chi connectivity index (χ4v) is 3.77. The van der Waals surface area contributed by atoms with E-state index in [-0.39, 0.29) is 0 Å². The molecule has 0 fully saturated rings. The van der Waals surface area contributed by atoms with Gasteiger partial charge in [-0.25, -0.2) is 9.98 Å². The van der Waals surface area contributed by atoms with Crippen LogP contribution in [-0.4, -0.2) is 39.9 Å². The second-order valence-electron chi connectivity index (χ2n) is 8.43. The van der Waals surface area contributed by atoms with Gasteiger partial charge in [-0.15, -0.1) is 0 Å². The lowest BCUT2D eigenvalue weighted by atomic mass is 10.0. The van der Waals surface area contributed by atoms with Crippen molar-refractivity contribution >= 4 is 23.5 Å². The quantitative estimate of drug-likeness (QED) is 0.580. The van der Waals surface area contributed by atoms with E-state index in [1.165, 1.54) is 5.56 Å². The van der Waals surface area contributed by atoms with Crippen molar-refractivity contribution in [3.05, 3.63) is 77.6 Å². The number of aromatic nitrogens is 2. The molecule has 1 aliphatic heterocycles. The van der Waals surface area contributed by atoms with Crippen LogP contribution in [-0.2, 0) is 12.0 Å². The summed E-state index contributed by atoms with van der Waals surface area (Å²) in [5.74, 6) is 0.803. The van der Waals surface area contributed by atoms with Crippen molar-refractivity contribution < 1.29 is 5.11 Å². The Hall–Kier alpha value is -3.51. The van der Waals surface area contributed by atoms with Crippen LogP contribution >= 0.6 is 0 Å². The highest BCUT2D eigenvalue weighted by molar-refractivity contribution is 5.92. The van der Waals surface area contributed by atoms with E-state index in [1.54, 1.807) is 20.0 Å². The van der Waals surface area contributed by atoms with Crippen molar-refractivity contribution in [1.82, 2.24) is 14.9 Å². The molecule has 0 spiro atoms. The Bertz CT molecular complexity index is 1150. The van der Waals surface area contributed by atoms with Crippen LogP contribution in [0.25, 0.3) is 17.0 Å². The number of nitrogens with one attached hydrogen (secondary N) is 1. The molecule has 0 unspecified atom stereocenters. The molecule has 6 nitrogen and oxygen atoms in total. The molecule has 4 rings (SSSR count). The van der Waals surface area contributed by atoms with Crippen molar-refractivity contribution in [3.63, 3.8) is 0 Å². The van der Waals surface area contributed by atoms with E-state index in [2.05, 4.69) is 45.6 Å². The summed E-state index contributed by atoms with van der Waals surface area (Å²) in [5, 5.41) is 13.7. The molecule has 2 aromatic heterocycles. The lowest BCUT2D eigenvalue weighted by Crippen LogP contribution is -2.20. The predicted octanol–water partition coefficient (Wildman–Crippen LogP) is 4.99. The monoisotopic (exact) mass is 427 g/mol. The summed E-state index contributed by atoms with van der Waals surface area (Å²) in [4.78, 5) is 16.1. The van der Waals surface area contributed by atoms with Crippen molar-refractivity contribution in [3.8, 4) is 11.3 Å². The standard InChI is InChI=1S/C26H29N5O/c1-5-22-24-21(29-17-31(22)4)15-20(19-11-12-23(28-16-19)26(2,3)32)30-25(24)27-14-13-18-9-7-6-8-10-18/h5-12,15-17,32H,13-14H2,1-4H3,(H,27,30)/b22-5+. The first-order chi connectivity index (χ1) is 15.4. The molecular weight excluding hydrogens is 398 g/mol. The molecule has 32 heavy (non-hydrogen) atoms. The van der Waals surface area contributed by atoms with E-state index >= 15 is 0 Å². The number of anilines is 1. The van der Waals surface area contributed by atoms with E-state index < -0.39 is 5.60 Å². The lowest BCUT2D eigenvalue weighted by molar-refractivity contribution is 0.0739. The van der Waals surface area contributed by atoms with Gasteiger partial charge in [0.2, 0.25) is 0 Å². The van der Waals surface area contributed by atoms with Gasteiger partial charge in [0.1, 0.15) is 11.4 Å². The second-order valence-corrected chi connectivity index (χ2v) is 8.43. The highest BCUT2D eigenvalue weighted by Gasteiger charge is 2.22. The minimum Gasteiger partial charge on any atom is -0.384 e. The minimum atomic E-state index is -0.984. The van der Waals surface area contributed by atoms with Gasteiger partial charge in [0.05, 0.1) is 34.7 Å². The highest BCUT2D eigenvalue weighted by Crippen LogP contribution is 2.39. The lowest BCUT2D eigenvalue weighted by Gasteiger charge is -2.26. The van der Waals surface area contributed by atoms with E-state index in [9.17, 15) is 5.11 Å². The number of benzene rings is 1. The van der Waals surface area contributed by atoms with Crippen LogP contribution < -0.4 is 5.32 Å². The molecule has 0 saturated carbocycles. The van der Waals surface area contributed by atoms with Gasteiger partial charge >= 0.3 is 0 Å². The van der Waals surface area contributed by atoms with E-state index in [0.29, 0.717) is 5.69 Å². The third kappa shape index (κ3) is 4.55. The van der Waals surface area contributed by atoms with Crippen LogP contribution in [0, 0.1) is 0 Å². The first kappa shape index (κ1) is 21.7. The van der Waals surface area contributed by atoms with Gasteiger partial charge in [-0.1, -0.05) is 36.4 Å². The zero-order valence-electron chi connectivity index (χ0n) is 19.0. The molecule has 0 bridgehead atoms. The van der Waals surface area contributed by atoms with Gasteiger partial charge in [0, 0.05) is 25.4 Å². The van der Waals surface area contributed by atoms with Crippen molar-refractivity contribution in [2.45, 2.75) is 32.8 Å². The molecule has 1 aliphatic rings. The zero-order valence-corrected chi connectivity index (χ0v) is 19.0. The Kier molecular flexibility index (Phi) is 6.06. The first-order valence-electron chi connectivity index (χ1n) is 10.8. The average molecular weight is 428 g/mol. The van der Waals surface area contributed by atoms with Crippen LogP contribution in [0.15, 0.2) is 65.8 Å². The van der Waals surface area contributed by atoms with E-state index in [1.807, 2.05) is 49.5 Å². The summed E-state index contributed by atoms with van der Waals surface area (Å²) < 4.78 is 0. The zero-order chi connectivity index (χ0) is 22.7. The van der Waals surface area contributed by atoms with Crippen molar-refractivity contribution in [2.24, 2.45) is 4.99 Å². The van der Waals surface area contributed by atoms with Gasteiger partial charge in [0.15, 0.2) is 0 Å². The maximum atomic E-state index is 10.2. The minimum absolute atomic E-state index is 0.622. The van der Waals surface area contributed by atoms with E-state index in [4.69, 9.17) is 4.98 Å². The maximum absolute atomic E-state index is 10.2. The highest BCUT2D eigenvalue weighted by atomic mass is 16.3. The number of aliphatic imine (C=N–C) groups is 1. The summed E-state index contributed by atoms with van der Waals surface area (Å²) >= 11 is 0. The third-order valence-corrected chi connectivity index (χ3v) is 5.51. The molecule has 0 saturated heterocycles. The molecule has 0 radical (unpaired) electrons. The van der Waals surface area contributed by atoms with Crippen LogP contribution in [0.2, 0.25) is 0 Å². The van der Waals surface area contributed by atoms with Crippen LogP contribution in [0.3, 0.4) is 0 Å². The summed E-state index contributed by atoms with van der Waals surface area (Å²) in [6.45, 7) is 6.23. The van der Waals surface area contributed by atoms with Crippen LogP contribution in [0.1, 0.15) is 37.6 Å². The molecule has 0 amide bonds. The summed E-state index contributed by atoms with van der Waals surface area (Å²) in [6.07, 6.45) is 6.55. The van der Waals surface area contributed by atoms with Crippen molar-refractivity contribution in [1.29, 1.82) is 0 Å². The second kappa shape index (κ2) is 8.93. The summed E-state index contributed by atoms with van der Waals surface area (Å²) in [5.41, 5.74) is 5.51. The smallest absolute Gasteiger partial charge is 0.138 e. The molecule has 164 valence electrons. The molecule has 2 N–H and O–H groups in total. The number of fused-ring (bicyclic) bond motifs is 1. The van der Waals surface area contributed by atoms with Gasteiger partial charge < -0.3 is 15.3 Å². The Morgan fingerprint density at radius 2 is 1.91 bits per heavy atom. The molecule has 0 atom stereocenters. The van der Waals surface area contributed by atoms with Gasteiger partial charge in [-0.05, 0) is 51.0 Å². The normalized spacial score (nSPS) is 14.5. The number of rotatable bonds is 6. The fraction of sp³-hybridized carbons (Fsp3) is 0.269. The molecular formula is C26H29N5O. The Morgan fingerprint density at radius 1 is 1.12 bits per heavy atom. The topological polar surface area (TPSA) is 73.6 Å². The predicted molar refractivity (Wildman–Crippen MR) is 131 cm³/mol. The third-order valence-electron chi connectivity index (χ3n) is 5.51. The number of aliphatic hydroxyl groups is 1. The SMILES string of the molecule is C/C=C1\c2c(cc(-c3ccc(C(C)(C)O)nc3)nc2NCCc2ccccc2)N=CN1C.